The predicted octanol–water partition coefficient (Wildman–Crippen LogP) is 4.15. The molecular weight excluding hydrogens is 389 g/mol. The largest absolute Gasteiger partial charge is 0.335 e. The molecule has 4 nitrogen and oxygen atoms in total. The minimum atomic E-state index is -0.248. The average Bonchev–Trinajstić information content (AvgIpc) is 2.66. The lowest BCUT2D eigenvalue weighted by Crippen LogP contribution is -3.12. The van der Waals surface area contributed by atoms with E-state index in [1.165, 1.54) is 11.0 Å². The van der Waals surface area contributed by atoms with Crippen molar-refractivity contribution in [3.05, 3.63) is 64.4 Å². The van der Waals surface area contributed by atoms with E-state index >= 15 is 0 Å². The molecule has 156 valence electrons. The number of nitrogens with one attached hydrogen (secondary N) is 3. The Labute approximate surface area is 177 Å². The topological polar surface area (TPSA) is 45.6 Å². The molecule has 1 saturated heterocycles. The number of anilines is 1. The molecule has 1 fully saturated rings. The van der Waals surface area contributed by atoms with Gasteiger partial charge in [-0.1, -0.05) is 56.6 Å². The van der Waals surface area contributed by atoms with Crippen LogP contribution in [0.2, 0.25) is 5.02 Å². The van der Waals surface area contributed by atoms with Crippen molar-refractivity contribution < 1.29 is 14.1 Å². The molecular formula is C23H30ClFN3O+. The van der Waals surface area contributed by atoms with Crippen LogP contribution >= 0.6 is 11.6 Å². The van der Waals surface area contributed by atoms with Gasteiger partial charge in [0.1, 0.15) is 12.4 Å². The molecule has 0 spiro atoms. The molecule has 29 heavy (non-hydrogen) atoms. The molecule has 3 N–H and O–H groups in total. The van der Waals surface area contributed by atoms with Crippen LogP contribution in [0.25, 0.3) is 0 Å². The highest BCUT2D eigenvalue weighted by Gasteiger charge is 2.25. The van der Waals surface area contributed by atoms with Gasteiger partial charge >= 0.3 is 6.03 Å². The number of urea groups is 1. The van der Waals surface area contributed by atoms with Crippen LogP contribution in [0.15, 0.2) is 42.5 Å². The van der Waals surface area contributed by atoms with Crippen LogP contribution < -0.4 is 15.5 Å². The summed E-state index contributed by atoms with van der Waals surface area (Å²) in [7, 11) is 0. The Kier molecular flexibility index (Phi) is 6.81. The normalized spacial score (nSPS) is 19.6. The molecule has 0 unspecified atom stereocenters. The van der Waals surface area contributed by atoms with E-state index in [1.807, 2.05) is 24.3 Å². The zero-order valence-electron chi connectivity index (χ0n) is 17.3. The molecule has 0 aromatic heterocycles. The van der Waals surface area contributed by atoms with Gasteiger partial charge in [0.2, 0.25) is 0 Å². The summed E-state index contributed by atoms with van der Waals surface area (Å²) in [5.41, 5.74) is 2.48. The van der Waals surface area contributed by atoms with Crippen LogP contribution in [0.5, 0.6) is 0 Å². The number of hydrogen-bond acceptors (Lipinski definition) is 1. The van der Waals surface area contributed by atoms with E-state index in [0.29, 0.717) is 17.1 Å². The minimum Gasteiger partial charge on any atom is -0.335 e. The van der Waals surface area contributed by atoms with Crippen molar-refractivity contribution in [3.63, 3.8) is 0 Å². The van der Waals surface area contributed by atoms with Gasteiger partial charge in [-0.15, -0.1) is 0 Å². The first-order valence-electron chi connectivity index (χ1n) is 10.2. The quantitative estimate of drug-likeness (QED) is 0.686. The van der Waals surface area contributed by atoms with Crippen LogP contribution in [0.4, 0.5) is 14.9 Å². The zero-order valence-corrected chi connectivity index (χ0v) is 18.1. The first-order chi connectivity index (χ1) is 13.7. The molecule has 2 aromatic carbocycles. The number of piperidine rings is 1. The highest BCUT2D eigenvalue weighted by Crippen LogP contribution is 2.29. The number of para-hydroxylation sites is 1. The summed E-state index contributed by atoms with van der Waals surface area (Å²) >= 11 is 6.15. The van der Waals surface area contributed by atoms with Crippen LogP contribution in [0.3, 0.4) is 0 Å². The molecule has 0 saturated carbocycles. The van der Waals surface area contributed by atoms with Gasteiger partial charge in [-0.25, -0.2) is 9.18 Å². The lowest BCUT2D eigenvalue weighted by atomic mass is 9.86. The Morgan fingerprint density at radius 3 is 2.48 bits per heavy atom. The molecule has 1 heterocycles. The van der Waals surface area contributed by atoms with Gasteiger partial charge in [0.05, 0.1) is 23.7 Å². The molecule has 0 radical (unpaired) electrons. The van der Waals surface area contributed by atoms with Crippen molar-refractivity contribution in [2.24, 2.45) is 0 Å². The van der Waals surface area contributed by atoms with Gasteiger partial charge in [0.25, 0.3) is 0 Å². The zero-order chi connectivity index (χ0) is 21.0. The highest BCUT2D eigenvalue weighted by molar-refractivity contribution is 6.31. The molecule has 3 rings (SSSR count). The summed E-state index contributed by atoms with van der Waals surface area (Å²) < 4.78 is 14.0. The number of likely N-dealkylation sites (tertiary alicyclic amines) is 1. The van der Waals surface area contributed by atoms with Gasteiger partial charge in [-0.2, -0.15) is 0 Å². The number of benzene rings is 2. The van der Waals surface area contributed by atoms with Crippen molar-refractivity contribution in [3.8, 4) is 0 Å². The Balaban J connectivity index is 1.52. The Morgan fingerprint density at radius 2 is 1.83 bits per heavy atom. The fraction of sp³-hybridized carbons (Fsp3) is 0.435. The first-order valence-corrected chi connectivity index (χ1v) is 10.6. The van der Waals surface area contributed by atoms with E-state index in [2.05, 4.69) is 31.4 Å². The number of carbonyl (C=O) groups excluding carboxylic acids is 1. The van der Waals surface area contributed by atoms with E-state index in [0.717, 1.165) is 37.2 Å². The van der Waals surface area contributed by atoms with Crippen LogP contribution in [-0.4, -0.2) is 25.2 Å². The second kappa shape index (κ2) is 9.14. The summed E-state index contributed by atoms with van der Waals surface area (Å²) in [4.78, 5) is 13.8. The van der Waals surface area contributed by atoms with Crippen LogP contribution in [0, 0.1) is 5.82 Å². The maximum atomic E-state index is 14.0. The third kappa shape index (κ3) is 5.71. The minimum absolute atomic E-state index is 0.0490. The molecule has 1 aliphatic heterocycles. The van der Waals surface area contributed by atoms with Crippen molar-refractivity contribution in [1.82, 2.24) is 5.32 Å². The van der Waals surface area contributed by atoms with Crippen molar-refractivity contribution in [2.45, 2.75) is 51.6 Å². The monoisotopic (exact) mass is 418 g/mol. The second-order valence-electron chi connectivity index (χ2n) is 8.80. The summed E-state index contributed by atoms with van der Waals surface area (Å²) in [5, 5.41) is 6.58. The summed E-state index contributed by atoms with van der Waals surface area (Å²) in [6.45, 7) is 8.70. The van der Waals surface area contributed by atoms with E-state index < -0.39 is 0 Å². The second-order valence-corrected chi connectivity index (χ2v) is 9.20. The van der Waals surface area contributed by atoms with Crippen molar-refractivity contribution in [2.75, 3.05) is 18.4 Å². The smallest absolute Gasteiger partial charge is 0.319 e. The fourth-order valence-electron chi connectivity index (χ4n) is 3.89. The molecule has 2 amide bonds. The Hall–Kier alpha value is -2.11. The number of amides is 2. The molecule has 0 bridgehead atoms. The lowest BCUT2D eigenvalue weighted by molar-refractivity contribution is -0.919. The van der Waals surface area contributed by atoms with E-state index in [1.54, 1.807) is 12.1 Å². The SMILES string of the molecule is CC(C)(C)c1ccccc1NC(=O)NC1CC[NH+](Cc2c(F)cccc2Cl)CC1. The third-order valence-corrected chi connectivity index (χ3v) is 5.85. The summed E-state index contributed by atoms with van der Waals surface area (Å²) in [6, 6.07) is 12.7. The number of halogens is 2. The maximum Gasteiger partial charge on any atom is 0.319 e. The van der Waals surface area contributed by atoms with Crippen molar-refractivity contribution in [1.29, 1.82) is 0 Å². The number of rotatable bonds is 4. The van der Waals surface area contributed by atoms with Crippen molar-refractivity contribution >= 4 is 23.3 Å². The molecule has 2 aromatic rings. The van der Waals surface area contributed by atoms with Crippen LogP contribution in [0.1, 0.15) is 44.7 Å². The maximum absolute atomic E-state index is 14.0. The summed E-state index contributed by atoms with van der Waals surface area (Å²) in [6.07, 6.45) is 1.71. The van der Waals surface area contributed by atoms with Gasteiger partial charge in [0, 0.05) is 24.6 Å². The van der Waals surface area contributed by atoms with Crippen LogP contribution in [-0.2, 0) is 12.0 Å². The summed E-state index contributed by atoms with van der Waals surface area (Å²) in [5.74, 6) is -0.248. The number of quaternary nitrogens is 1. The van der Waals surface area contributed by atoms with E-state index in [-0.39, 0.29) is 23.3 Å². The predicted molar refractivity (Wildman–Crippen MR) is 116 cm³/mol. The molecule has 0 aliphatic carbocycles. The first kappa shape index (κ1) is 21.6. The Bertz CT molecular complexity index is 837. The average molecular weight is 419 g/mol. The third-order valence-electron chi connectivity index (χ3n) is 5.50. The van der Waals surface area contributed by atoms with Gasteiger partial charge in [-0.3, -0.25) is 0 Å². The highest BCUT2D eigenvalue weighted by atomic mass is 35.5. The number of hydrogen-bond donors (Lipinski definition) is 3. The van der Waals surface area contributed by atoms with Gasteiger partial charge in [-0.05, 0) is 29.2 Å². The standard InChI is InChI=1S/C23H29ClFN3O/c1-23(2,3)18-7-4-5-10-21(18)27-22(29)26-16-11-13-28(14-12-16)15-17-19(24)8-6-9-20(17)25/h4-10,16H,11-15H2,1-3H3,(H2,26,27,29)/p+1. The van der Waals surface area contributed by atoms with Gasteiger partial charge in [0.15, 0.2) is 0 Å². The Morgan fingerprint density at radius 1 is 1.14 bits per heavy atom. The molecule has 0 atom stereocenters. The lowest BCUT2D eigenvalue weighted by Gasteiger charge is -2.30. The number of carbonyl (C=O) groups is 1. The fourth-order valence-corrected chi connectivity index (χ4v) is 4.12. The van der Waals surface area contributed by atoms with Gasteiger partial charge < -0.3 is 15.5 Å². The molecule has 6 heteroatoms. The van der Waals surface area contributed by atoms with E-state index in [9.17, 15) is 9.18 Å². The van der Waals surface area contributed by atoms with E-state index in [4.69, 9.17) is 11.6 Å². The molecule has 1 aliphatic rings.